The van der Waals surface area contributed by atoms with Crippen LogP contribution in [0.3, 0.4) is 0 Å². The molecule has 1 aromatic rings. The number of likely N-dealkylation sites (N-methyl/N-ethyl adjacent to an activating group) is 1. The van der Waals surface area contributed by atoms with Crippen LogP contribution in [0.5, 0.6) is 0 Å². The molecule has 19 heavy (non-hydrogen) atoms. The lowest BCUT2D eigenvalue weighted by molar-refractivity contribution is 0.0690. The number of nitrogen functional groups attached to an aromatic ring is 1. The Bertz CT molecular complexity index is 501. The van der Waals surface area contributed by atoms with Crippen LogP contribution in [-0.4, -0.2) is 53.2 Å². The fourth-order valence-corrected chi connectivity index (χ4v) is 2.25. The molecule has 0 atom stereocenters. The molecule has 0 aromatic carbocycles. The van der Waals surface area contributed by atoms with Gasteiger partial charge < -0.3 is 15.7 Å². The molecule has 0 aliphatic carbocycles. The predicted octanol–water partition coefficient (Wildman–Crippen LogP) is 0.892. The molecule has 1 saturated heterocycles. The number of piperazine rings is 1. The predicted molar refractivity (Wildman–Crippen MR) is 74.5 cm³/mol. The molecule has 0 saturated carbocycles. The zero-order valence-electron chi connectivity index (χ0n) is 11.6. The molecule has 1 aromatic heterocycles. The molecule has 1 aliphatic heterocycles. The van der Waals surface area contributed by atoms with E-state index in [9.17, 15) is 4.79 Å². The number of carboxylic acid groups (broad SMARTS) is 1. The maximum atomic E-state index is 11.0. The second-order valence-corrected chi connectivity index (χ2v) is 5.57. The number of carbonyl (C=O) groups is 1. The average molecular weight is 264 g/mol. The van der Waals surface area contributed by atoms with Crippen molar-refractivity contribution in [3.05, 3.63) is 17.8 Å². The van der Waals surface area contributed by atoms with Crippen LogP contribution >= 0.6 is 0 Å². The summed E-state index contributed by atoms with van der Waals surface area (Å²) in [5.41, 5.74) is 6.49. The zero-order chi connectivity index (χ0) is 14.2. The van der Waals surface area contributed by atoms with Gasteiger partial charge in [-0.1, -0.05) is 0 Å². The highest BCUT2D eigenvalue weighted by Gasteiger charge is 2.32. The molecule has 0 spiro atoms. The van der Waals surface area contributed by atoms with Crippen LogP contribution in [0, 0.1) is 0 Å². The molecule has 6 heteroatoms. The average Bonchev–Trinajstić information content (AvgIpc) is 2.33. The normalized spacial score (nSPS) is 19.4. The lowest BCUT2D eigenvalue weighted by Gasteiger charge is -2.46. The summed E-state index contributed by atoms with van der Waals surface area (Å²) in [7, 11) is 2.09. The summed E-state index contributed by atoms with van der Waals surface area (Å²) in [5, 5.41) is 9.01. The van der Waals surface area contributed by atoms with Gasteiger partial charge in [0.15, 0.2) is 11.5 Å². The van der Waals surface area contributed by atoms with Gasteiger partial charge in [-0.2, -0.15) is 0 Å². The lowest BCUT2D eigenvalue weighted by Crippen LogP contribution is -2.58. The third-order valence-electron chi connectivity index (χ3n) is 3.74. The van der Waals surface area contributed by atoms with E-state index in [0.717, 1.165) is 19.6 Å². The first-order valence-electron chi connectivity index (χ1n) is 6.27. The summed E-state index contributed by atoms with van der Waals surface area (Å²) in [6.07, 6.45) is 0. The number of anilines is 2. The molecule has 3 N–H and O–H groups in total. The Morgan fingerprint density at radius 1 is 1.42 bits per heavy atom. The van der Waals surface area contributed by atoms with E-state index in [0.29, 0.717) is 11.5 Å². The van der Waals surface area contributed by atoms with Crippen molar-refractivity contribution in [3.8, 4) is 0 Å². The number of nitrogens with two attached hydrogens (primary N) is 1. The standard InChI is InChI=1S/C13H20N4O2/c1-13(2)8-17(7-6-16(13)3)11-9(14)4-5-10(15-11)12(18)19/h4-5H,6-8,14H2,1-3H3,(H,18,19). The van der Waals surface area contributed by atoms with Gasteiger partial charge in [-0.15, -0.1) is 0 Å². The van der Waals surface area contributed by atoms with Gasteiger partial charge in [-0.3, -0.25) is 4.90 Å². The summed E-state index contributed by atoms with van der Waals surface area (Å²) in [6.45, 7) is 6.75. The molecule has 2 rings (SSSR count). The fourth-order valence-electron chi connectivity index (χ4n) is 2.25. The molecule has 0 amide bonds. The number of carboxylic acids is 1. The summed E-state index contributed by atoms with van der Waals surface area (Å²) in [4.78, 5) is 19.5. The van der Waals surface area contributed by atoms with Crippen molar-refractivity contribution in [3.63, 3.8) is 0 Å². The van der Waals surface area contributed by atoms with Crippen molar-refractivity contribution in [2.45, 2.75) is 19.4 Å². The molecule has 104 valence electrons. The van der Waals surface area contributed by atoms with E-state index in [1.54, 1.807) is 6.07 Å². The van der Waals surface area contributed by atoms with Gasteiger partial charge in [-0.25, -0.2) is 9.78 Å². The van der Waals surface area contributed by atoms with Crippen molar-refractivity contribution in [1.29, 1.82) is 0 Å². The molecule has 0 bridgehead atoms. The van der Waals surface area contributed by atoms with Crippen LogP contribution in [0.2, 0.25) is 0 Å². The van der Waals surface area contributed by atoms with E-state index in [1.807, 2.05) is 0 Å². The van der Waals surface area contributed by atoms with Crippen LogP contribution in [0.15, 0.2) is 12.1 Å². The number of aromatic nitrogens is 1. The van der Waals surface area contributed by atoms with Crippen molar-refractivity contribution >= 4 is 17.5 Å². The maximum Gasteiger partial charge on any atom is 0.354 e. The Kier molecular flexibility index (Phi) is 3.36. The van der Waals surface area contributed by atoms with E-state index in [-0.39, 0.29) is 11.2 Å². The van der Waals surface area contributed by atoms with Gasteiger partial charge in [0, 0.05) is 25.2 Å². The van der Waals surface area contributed by atoms with Crippen LogP contribution in [0.4, 0.5) is 11.5 Å². The number of hydrogen-bond donors (Lipinski definition) is 2. The second-order valence-electron chi connectivity index (χ2n) is 5.57. The summed E-state index contributed by atoms with van der Waals surface area (Å²) in [6, 6.07) is 3.04. The molecule has 2 heterocycles. The Hall–Kier alpha value is -1.82. The Morgan fingerprint density at radius 3 is 2.68 bits per heavy atom. The lowest BCUT2D eigenvalue weighted by atomic mass is 9.99. The van der Waals surface area contributed by atoms with Gasteiger partial charge >= 0.3 is 5.97 Å². The minimum atomic E-state index is -1.03. The number of rotatable bonds is 2. The van der Waals surface area contributed by atoms with Crippen LogP contribution in [0.25, 0.3) is 0 Å². The topological polar surface area (TPSA) is 82.7 Å². The highest BCUT2D eigenvalue weighted by molar-refractivity contribution is 5.87. The number of nitrogens with zero attached hydrogens (tertiary/aromatic N) is 3. The van der Waals surface area contributed by atoms with E-state index in [1.165, 1.54) is 6.07 Å². The van der Waals surface area contributed by atoms with Crippen LogP contribution in [0.1, 0.15) is 24.3 Å². The van der Waals surface area contributed by atoms with Crippen molar-refractivity contribution < 1.29 is 9.90 Å². The molecular formula is C13H20N4O2. The summed E-state index contributed by atoms with van der Waals surface area (Å²) >= 11 is 0. The first-order chi connectivity index (χ1) is 8.81. The van der Waals surface area contributed by atoms with E-state index < -0.39 is 5.97 Å². The summed E-state index contributed by atoms with van der Waals surface area (Å²) in [5.74, 6) is -0.462. The van der Waals surface area contributed by atoms with Gasteiger partial charge in [0.2, 0.25) is 0 Å². The van der Waals surface area contributed by atoms with Crippen molar-refractivity contribution in [2.24, 2.45) is 0 Å². The van der Waals surface area contributed by atoms with Gasteiger partial charge in [0.05, 0.1) is 5.69 Å². The number of aromatic carboxylic acids is 1. The van der Waals surface area contributed by atoms with Gasteiger partial charge in [0.25, 0.3) is 0 Å². The van der Waals surface area contributed by atoms with Crippen LogP contribution in [-0.2, 0) is 0 Å². The first kappa shape index (κ1) is 13.6. The smallest absolute Gasteiger partial charge is 0.354 e. The minimum absolute atomic E-state index is 0.00555. The van der Waals surface area contributed by atoms with E-state index >= 15 is 0 Å². The zero-order valence-corrected chi connectivity index (χ0v) is 11.6. The maximum absolute atomic E-state index is 11.0. The molecule has 0 unspecified atom stereocenters. The Balaban J connectivity index is 2.31. The highest BCUT2D eigenvalue weighted by atomic mass is 16.4. The molecule has 1 aliphatic rings. The van der Waals surface area contributed by atoms with Crippen molar-refractivity contribution in [1.82, 2.24) is 9.88 Å². The first-order valence-corrected chi connectivity index (χ1v) is 6.27. The molecule has 1 fully saturated rings. The third-order valence-corrected chi connectivity index (χ3v) is 3.74. The second kappa shape index (κ2) is 4.70. The largest absolute Gasteiger partial charge is 0.477 e. The Labute approximate surface area is 112 Å². The molecule has 0 radical (unpaired) electrons. The Morgan fingerprint density at radius 2 is 2.11 bits per heavy atom. The SMILES string of the molecule is CN1CCN(c2nc(C(=O)O)ccc2N)CC1(C)C. The van der Waals surface area contributed by atoms with Gasteiger partial charge in [-0.05, 0) is 33.0 Å². The third kappa shape index (κ3) is 2.63. The number of pyridine rings is 1. The minimum Gasteiger partial charge on any atom is -0.477 e. The number of hydrogen-bond acceptors (Lipinski definition) is 5. The van der Waals surface area contributed by atoms with Crippen LogP contribution < -0.4 is 10.6 Å². The molecular weight excluding hydrogens is 244 g/mol. The summed E-state index contributed by atoms with van der Waals surface area (Å²) < 4.78 is 0. The molecule has 6 nitrogen and oxygen atoms in total. The highest BCUT2D eigenvalue weighted by Crippen LogP contribution is 2.27. The monoisotopic (exact) mass is 264 g/mol. The van der Waals surface area contributed by atoms with E-state index in [4.69, 9.17) is 10.8 Å². The van der Waals surface area contributed by atoms with Crippen molar-refractivity contribution in [2.75, 3.05) is 37.3 Å². The quantitative estimate of drug-likeness (QED) is 0.825. The van der Waals surface area contributed by atoms with E-state index in [2.05, 4.69) is 35.7 Å². The van der Waals surface area contributed by atoms with Gasteiger partial charge in [0.1, 0.15) is 0 Å². The fraction of sp³-hybridized carbons (Fsp3) is 0.538.